The summed E-state index contributed by atoms with van der Waals surface area (Å²) in [6, 6.07) is 11.2. The van der Waals surface area contributed by atoms with Gasteiger partial charge in [0.25, 0.3) is 11.5 Å². The minimum Gasteiger partial charge on any atom is -0.466 e. The summed E-state index contributed by atoms with van der Waals surface area (Å²) < 4.78 is 20.7. The average molecular weight is 437 g/mol. The van der Waals surface area contributed by atoms with Gasteiger partial charge in [-0.05, 0) is 44.0 Å². The molecule has 0 spiro atoms. The molecule has 0 aliphatic carbocycles. The summed E-state index contributed by atoms with van der Waals surface area (Å²) in [7, 11) is 0. The fourth-order valence-electron chi connectivity index (χ4n) is 4.05. The summed E-state index contributed by atoms with van der Waals surface area (Å²) in [6.45, 7) is 2.77. The molecule has 0 radical (unpaired) electrons. The number of rotatable bonds is 5. The van der Waals surface area contributed by atoms with Crippen LogP contribution in [-0.2, 0) is 16.1 Å². The minimum atomic E-state index is -0.517. The van der Waals surface area contributed by atoms with Gasteiger partial charge in [0.15, 0.2) is 0 Å². The normalized spacial score (nSPS) is 14.5. The van der Waals surface area contributed by atoms with Crippen molar-refractivity contribution in [1.29, 1.82) is 0 Å². The number of aromatic nitrogens is 2. The van der Waals surface area contributed by atoms with Gasteiger partial charge >= 0.3 is 5.97 Å². The highest BCUT2D eigenvalue weighted by atomic mass is 19.1. The molecule has 1 aliphatic heterocycles. The molecule has 3 aromatic rings. The number of esters is 1. The van der Waals surface area contributed by atoms with Crippen LogP contribution in [-0.4, -0.2) is 46.0 Å². The molecule has 7 nitrogen and oxygen atoms in total. The van der Waals surface area contributed by atoms with Crippen molar-refractivity contribution in [2.24, 2.45) is 5.92 Å². The van der Waals surface area contributed by atoms with Gasteiger partial charge in [-0.25, -0.2) is 9.37 Å². The second-order valence-corrected chi connectivity index (χ2v) is 7.78. The Labute approximate surface area is 184 Å². The summed E-state index contributed by atoms with van der Waals surface area (Å²) in [6.07, 6.45) is 2.54. The first-order valence-corrected chi connectivity index (χ1v) is 10.7. The van der Waals surface area contributed by atoms with E-state index in [0.717, 1.165) is 0 Å². The second-order valence-electron chi connectivity index (χ2n) is 7.78. The van der Waals surface area contributed by atoms with Gasteiger partial charge in [0.05, 0.1) is 19.1 Å². The highest BCUT2D eigenvalue weighted by Crippen LogP contribution is 2.21. The first kappa shape index (κ1) is 21.7. The molecule has 0 bridgehead atoms. The first-order valence-electron chi connectivity index (χ1n) is 10.7. The number of amides is 1. The molecule has 166 valence electrons. The van der Waals surface area contributed by atoms with E-state index in [2.05, 4.69) is 4.98 Å². The molecule has 32 heavy (non-hydrogen) atoms. The first-order chi connectivity index (χ1) is 15.5. The highest BCUT2D eigenvalue weighted by molar-refractivity contribution is 5.97. The van der Waals surface area contributed by atoms with E-state index in [1.807, 2.05) is 0 Å². The van der Waals surface area contributed by atoms with Crippen LogP contribution in [0.3, 0.4) is 0 Å². The quantitative estimate of drug-likeness (QED) is 0.573. The number of carbonyl (C=O) groups is 2. The van der Waals surface area contributed by atoms with E-state index in [1.54, 1.807) is 54.4 Å². The Morgan fingerprint density at radius 3 is 2.62 bits per heavy atom. The molecule has 8 heteroatoms. The number of halogens is 1. The van der Waals surface area contributed by atoms with Crippen molar-refractivity contribution in [2.45, 2.75) is 26.3 Å². The number of piperidine rings is 1. The van der Waals surface area contributed by atoms with E-state index >= 15 is 0 Å². The molecule has 0 saturated carbocycles. The van der Waals surface area contributed by atoms with Crippen LogP contribution in [0.25, 0.3) is 11.0 Å². The van der Waals surface area contributed by atoms with Crippen molar-refractivity contribution in [3.8, 4) is 0 Å². The maximum atomic E-state index is 14.3. The number of fused-ring (bicyclic) bond motifs is 1. The monoisotopic (exact) mass is 437 g/mol. The molecule has 0 N–H and O–H groups in total. The number of likely N-dealkylation sites (tertiary alicyclic amines) is 1. The van der Waals surface area contributed by atoms with E-state index in [9.17, 15) is 18.8 Å². The molecular weight excluding hydrogens is 413 g/mol. The lowest BCUT2D eigenvalue weighted by molar-refractivity contribution is -0.149. The number of nitrogens with zero attached hydrogens (tertiary/aromatic N) is 3. The smallest absolute Gasteiger partial charge is 0.309 e. The van der Waals surface area contributed by atoms with Crippen molar-refractivity contribution in [3.05, 3.63) is 76.0 Å². The van der Waals surface area contributed by atoms with Crippen LogP contribution >= 0.6 is 0 Å². The maximum absolute atomic E-state index is 14.3. The third-order valence-electron chi connectivity index (χ3n) is 5.77. The molecule has 1 saturated heterocycles. The Balaban J connectivity index is 1.66. The Morgan fingerprint density at radius 2 is 1.91 bits per heavy atom. The van der Waals surface area contributed by atoms with E-state index in [-0.39, 0.29) is 24.0 Å². The Hall–Kier alpha value is -3.55. The zero-order valence-electron chi connectivity index (χ0n) is 17.8. The standard InChI is InChI=1S/C24H24FN3O4/c1-2-32-24(31)16-9-12-27(13-10-16)22(29)19-14-17-7-5-11-26-21(17)28(23(19)30)15-18-6-3-4-8-20(18)25/h3-8,11,14,16H,2,9-10,12-13,15H2,1H3. The van der Waals surface area contributed by atoms with Gasteiger partial charge in [-0.15, -0.1) is 0 Å². The number of hydrogen-bond acceptors (Lipinski definition) is 5. The van der Waals surface area contributed by atoms with E-state index in [1.165, 1.54) is 10.6 Å². The van der Waals surface area contributed by atoms with Crippen LogP contribution < -0.4 is 5.56 Å². The van der Waals surface area contributed by atoms with Gasteiger partial charge in [-0.1, -0.05) is 18.2 Å². The summed E-state index contributed by atoms with van der Waals surface area (Å²) >= 11 is 0. The second kappa shape index (κ2) is 9.30. The molecule has 0 atom stereocenters. The summed E-state index contributed by atoms with van der Waals surface area (Å²) in [5.41, 5.74) is 0.216. The molecule has 4 rings (SSSR count). The number of hydrogen-bond donors (Lipinski definition) is 0. The SMILES string of the molecule is CCOC(=O)C1CCN(C(=O)c2cc3cccnc3n(Cc3ccccc3F)c2=O)CC1. The Kier molecular flexibility index (Phi) is 6.30. The van der Waals surface area contributed by atoms with Crippen LogP contribution in [0.15, 0.2) is 53.5 Å². The van der Waals surface area contributed by atoms with Gasteiger partial charge in [0.2, 0.25) is 0 Å². The van der Waals surface area contributed by atoms with Gasteiger partial charge in [0, 0.05) is 30.2 Å². The van der Waals surface area contributed by atoms with Crippen molar-refractivity contribution in [3.63, 3.8) is 0 Å². The molecule has 2 aromatic heterocycles. The zero-order chi connectivity index (χ0) is 22.7. The Morgan fingerprint density at radius 1 is 1.16 bits per heavy atom. The number of ether oxygens (including phenoxy) is 1. The molecule has 1 aliphatic rings. The van der Waals surface area contributed by atoms with Gasteiger partial charge in [-0.3, -0.25) is 19.0 Å². The lowest BCUT2D eigenvalue weighted by Gasteiger charge is -2.31. The largest absolute Gasteiger partial charge is 0.466 e. The van der Waals surface area contributed by atoms with Crippen molar-refractivity contribution >= 4 is 22.9 Å². The van der Waals surface area contributed by atoms with Crippen LogP contribution in [0.2, 0.25) is 0 Å². The third-order valence-corrected chi connectivity index (χ3v) is 5.77. The highest BCUT2D eigenvalue weighted by Gasteiger charge is 2.30. The topological polar surface area (TPSA) is 81.5 Å². The van der Waals surface area contributed by atoms with Gasteiger partial charge in [-0.2, -0.15) is 0 Å². The summed E-state index contributed by atoms with van der Waals surface area (Å²) in [4.78, 5) is 44.4. The van der Waals surface area contributed by atoms with Crippen molar-refractivity contribution in [2.75, 3.05) is 19.7 Å². The fraction of sp³-hybridized carbons (Fsp3) is 0.333. The molecule has 1 amide bonds. The van der Waals surface area contributed by atoms with Crippen LogP contribution in [0.1, 0.15) is 35.7 Å². The molecular formula is C24H24FN3O4. The summed E-state index contributed by atoms with van der Waals surface area (Å²) in [5.74, 6) is -1.31. The lowest BCUT2D eigenvalue weighted by atomic mass is 9.96. The molecule has 1 aromatic carbocycles. The molecule has 1 fully saturated rings. The van der Waals surface area contributed by atoms with Crippen molar-refractivity contribution in [1.82, 2.24) is 14.5 Å². The van der Waals surface area contributed by atoms with E-state index in [4.69, 9.17) is 4.74 Å². The number of pyridine rings is 2. The molecule has 0 unspecified atom stereocenters. The third kappa shape index (κ3) is 4.26. The number of benzene rings is 1. The fourth-order valence-corrected chi connectivity index (χ4v) is 4.05. The molecule has 3 heterocycles. The lowest BCUT2D eigenvalue weighted by Crippen LogP contribution is -2.43. The zero-order valence-corrected chi connectivity index (χ0v) is 17.8. The minimum absolute atomic E-state index is 0.0106. The number of carbonyl (C=O) groups excluding carboxylic acids is 2. The van der Waals surface area contributed by atoms with E-state index in [0.29, 0.717) is 49.1 Å². The summed E-state index contributed by atoms with van der Waals surface area (Å²) in [5, 5.41) is 0.619. The average Bonchev–Trinajstić information content (AvgIpc) is 2.81. The van der Waals surface area contributed by atoms with Crippen LogP contribution in [0.4, 0.5) is 4.39 Å². The van der Waals surface area contributed by atoms with Crippen LogP contribution in [0.5, 0.6) is 0 Å². The van der Waals surface area contributed by atoms with E-state index < -0.39 is 17.3 Å². The van der Waals surface area contributed by atoms with Crippen molar-refractivity contribution < 1.29 is 18.7 Å². The Bertz CT molecular complexity index is 1220. The predicted octanol–water partition coefficient (Wildman–Crippen LogP) is 3.00. The van der Waals surface area contributed by atoms with Gasteiger partial charge < -0.3 is 9.64 Å². The predicted molar refractivity (Wildman–Crippen MR) is 117 cm³/mol. The van der Waals surface area contributed by atoms with Crippen LogP contribution in [0, 0.1) is 11.7 Å². The maximum Gasteiger partial charge on any atom is 0.309 e. The van der Waals surface area contributed by atoms with Gasteiger partial charge in [0.1, 0.15) is 17.0 Å².